The number of anilines is 2. The summed E-state index contributed by atoms with van der Waals surface area (Å²) >= 11 is 0. The summed E-state index contributed by atoms with van der Waals surface area (Å²) in [6, 6.07) is 14.3. The largest absolute Gasteiger partial charge is 0.399 e. The van der Waals surface area contributed by atoms with Crippen molar-refractivity contribution in [3.63, 3.8) is 0 Å². The molecule has 1 saturated heterocycles. The van der Waals surface area contributed by atoms with Crippen molar-refractivity contribution in [3.05, 3.63) is 59.7 Å². The summed E-state index contributed by atoms with van der Waals surface area (Å²) in [5.41, 5.74) is 8.04. The average Bonchev–Trinajstić information content (AvgIpc) is 2.89. The minimum atomic E-state index is -0.730. The minimum Gasteiger partial charge on any atom is -0.399 e. The lowest BCUT2D eigenvalue weighted by molar-refractivity contribution is -0.131. The van der Waals surface area contributed by atoms with E-state index in [1.807, 2.05) is 31.2 Å². The molecular weight excluding hydrogens is 392 g/mol. The Bertz CT molecular complexity index is 972. The molecule has 0 aliphatic carbocycles. The van der Waals surface area contributed by atoms with Gasteiger partial charge in [0, 0.05) is 17.9 Å². The molecule has 0 spiro atoms. The number of rotatable bonds is 7. The van der Waals surface area contributed by atoms with Crippen molar-refractivity contribution in [2.75, 3.05) is 11.1 Å². The van der Waals surface area contributed by atoms with Crippen LogP contribution in [0.15, 0.2) is 48.5 Å². The standard InChI is InChI=1S/C23H30N6O2/c1-15(2)12-23(3)20(30)29(21(25)28-23)14-17-9-7-16(8-10-17)13-26-22(31)27-19-6-4-5-18(24)11-19/h4-11,15H,12-14,24H2,1-3H3,(H2,25,28)(H2,26,27,31). The number of urea groups is 1. The number of carbonyl (C=O) groups is 2. The van der Waals surface area contributed by atoms with Crippen LogP contribution in [0.25, 0.3) is 0 Å². The first-order valence-corrected chi connectivity index (χ1v) is 10.3. The van der Waals surface area contributed by atoms with E-state index in [1.54, 1.807) is 24.3 Å². The quantitative estimate of drug-likeness (QED) is 0.439. The highest BCUT2D eigenvalue weighted by atomic mass is 16.2. The van der Waals surface area contributed by atoms with Crippen LogP contribution >= 0.6 is 0 Å². The van der Waals surface area contributed by atoms with Crippen molar-refractivity contribution in [2.24, 2.45) is 5.92 Å². The summed E-state index contributed by atoms with van der Waals surface area (Å²) in [6.07, 6.45) is 0.674. The highest BCUT2D eigenvalue weighted by molar-refractivity contribution is 6.07. The number of hydrogen-bond acceptors (Lipinski definition) is 4. The Hall–Kier alpha value is -3.55. The number of amides is 3. The number of guanidine groups is 1. The van der Waals surface area contributed by atoms with Gasteiger partial charge < -0.3 is 21.7 Å². The Morgan fingerprint density at radius 1 is 1.19 bits per heavy atom. The number of hydrogen-bond donors (Lipinski definition) is 5. The maximum absolute atomic E-state index is 12.9. The summed E-state index contributed by atoms with van der Waals surface area (Å²) in [5.74, 6) is 0.407. The first-order chi connectivity index (χ1) is 14.7. The van der Waals surface area contributed by atoms with E-state index in [-0.39, 0.29) is 17.9 Å². The van der Waals surface area contributed by atoms with Crippen LogP contribution in [-0.2, 0) is 17.9 Å². The molecule has 0 aromatic heterocycles. The molecule has 1 atom stereocenters. The van der Waals surface area contributed by atoms with Gasteiger partial charge in [-0.15, -0.1) is 0 Å². The van der Waals surface area contributed by atoms with E-state index in [2.05, 4.69) is 29.8 Å². The number of nitrogen functional groups attached to an aromatic ring is 1. The molecule has 0 radical (unpaired) electrons. The van der Waals surface area contributed by atoms with E-state index in [9.17, 15) is 9.59 Å². The molecular formula is C23H30N6O2. The zero-order valence-electron chi connectivity index (χ0n) is 18.2. The molecule has 3 rings (SSSR count). The molecule has 0 saturated carbocycles. The molecule has 31 heavy (non-hydrogen) atoms. The lowest BCUT2D eigenvalue weighted by atomic mass is 9.91. The molecule has 8 heteroatoms. The minimum absolute atomic E-state index is 0.0739. The Balaban J connectivity index is 1.54. The molecule has 1 fully saturated rings. The van der Waals surface area contributed by atoms with Gasteiger partial charge in [0.15, 0.2) is 5.96 Å². The molecule has 1 aliphatic heterocycles. The number of nitrogens with zero attached hydrogens (tertiary/aromatic N) is 1. The molecule has 0 bridgehead atoms. The summed E-state index contributed by atoms with van der Waals surface area (Å²) in [5, 5.41) is 16.8. The second-order valence-corrected chi connectivity index (χ2v) is 8.54. The van der Waals surface area contributed by atoms with Crippen LogP contribution in [0.1, 0.15) is 38.3 Å². The molecule has 1 heterocycles. The van der Waals surface area contributed by atoms with Gasteiger partial charge in [0.05, 0.1) is 6.54 Å². The van der Waals surface area contributed by atoms with Crippen LogP contribution in [-0.4, -0.2) is 28.3 Å². The molecule has 2 aromatic carbocycles. The van der Waals surface area contributed by atoms with Gasteiger partial charge in [-0.1, -0.05) is 44.2 Å². The summed E-state index contributed by atoms with van der Waals surface area (Å²) < 4.78 is 0. The van der Waals surface area contributed by atoms with Crippen LogP contribution in [0.5, 0.6) is 0 Å². The SMILES string of the molecule is CC(C)CC1(C)NC(=N)N(Cc2ccc(CNC(=O)Nc3cccc(N)c3)cc2)C1=O. The molecule has 164 valence electrons. The summed E-state index contributed by atoms with van der Waals surface area (Å²) in [7, 11) is 0. The van der Waals surface area contributed by atoms with E-state index < -0.39 is 5.54 Å². The van der Waals surface area contributed by atoms with Crippen molar-refractivity contribution in [2.45, 2.75) is 45.8 Å². The summed E-state index contributed by atoms with van der Waals surface area (Å²) in [4.78, 5) is 26.4. The first kappa shape index (κ1) is 22.1. The predicted molar refractivity (Wildman–Crippen MR) is 122 cm³/mol. The van der Waals surface area contributed by atoms with Crippen LogP contribution in [0.3, 0.4) is 0 Å². The predicted octanol–water partition coefficient (Wildman–Crippen LogP) is 3.26. The Labute approximate surface area is 182 Å². The zero-order chi connectivity index (χ0) is 22.6. The van der Waals surface area contributed by atoms with E-state index in [4.69, 9.17) is 11.1 Å². The molecule has 3 amide bonds. The number of carbonyl (C=O) groups excluding carboxylic acids is 2. The van der Waals surface area contributed by atoms with Crippen molar-refractivity contribution in [1.82, 2.24) is 15.5 Å². The van der Waals surface area contributed by atoms with Crippen molar-refractivity contribution in [1.29, 1.82) is 5.41 Å². The molecule has 1 aliphatic rings. The van der Waals surface area contributed by atoms with E-state index in [0.717, 1.165) is 11.1 Å². The fourth-order valence-electron chi connectivity index (χ4n) is 3.81. The molecule has 6 N–H and O–H groups in total. The van der Waals surface area contributed by atoms with Crippen molar-refractivity contribution >= 4 is 29.3 Å². The van der Waals surface area contributed by atoms with E-state index in [1.165, 1.54) is 4.90 Å². The lowest BCUT2D eigenvalue weighted by Gasteiger charge is -2.24. The third kappa shape index (κ3) is 5.53. The second kappa shape index (κ2) is 9.07. The highest BCUT2D eigenvalue weighted by Crippen LogP contribution is 2.26. The van der Waals surface area contributed by atoms with Gasteiger partial charge in [0.1, 0.15) is 5.54 Å². The van der Waals surface area contributed by atoms with Gasteiger partial charge in [-0.25, -0.2) is 4.79 Å². The maximum Gasteiger partial charge on any atom is 0.319 e. The smallest absolute Gasteiger partial charge is 0.319 e. The van der Waals surface area contributed by atoms with Crippen LogP contribution in [0, 0.1) is 11.3 Å². The fourth-order valence-corrected chi connectivity index (χ4v) is 3.81. The Morgan fingerprint density at radius 3 is 2.52 bits per heavy atom. The monoisotopic (exact) mass is 422 g/mol. The summed E-state index contributed by atoms with van der Waals surface area (Å²) in [6.45, 7) is 6.68. The first-order valence-electron chi connectivity index (χ1n) is 10.3. The van der Waals surface area contributed by atoms with Crippen molar-refractivity contribution in [3.8, 4) is 0 Å². The van der Waals surface area contributed by atoms with Crippen LogP contribution in [0.2, 0.25) is 0 Å². The van der Waals surface area contributed by atoms with Gasteiger partial charge in [0.2, 0.25) is 0 Å². The zero-order valence-corrected chi connectivity index (χ0v) is 18.2. The maximum atomic E-state index is 12.9. The average molecular weight is 423 g/mol. The second-order valence-electron chi connectivity index (χ2n) is 8.54. The Morgan fingerprint density at radius 2 is 1.87 bits per heavy atom. The third-order valence-corrected chi connectivity index (χ3v) is 5.16. The van der Waals surface area contributed by atoms with E-state index >= 15 is 0 Å². The van der Waals surface area contributed by atoms with Crippen LogP contribution in [0.4, 0.5) is 16.2 Å². The van der Waals surface area contributed by atoms with Crippen molar-refractivity contribution < 1.29 is 9.59 Å². The Kier molecular flexibility index (Phi) is 6.48. The number of benzene rings is 2. The lowest BCUT2D eigenvalue weighted by Crippen LogP contribution is -2.44. The third-order valence-electron chi connectivity index (χ3n) is 5.16. The highest BCUT2D eigenvalue weighted by Gasteiger charge is 2.45. The molecule has 8 nitrogen and oxygen atoms in total. The number of nitrogens with one attached hydrogen (secondary N) is 4. The van der Waals surface area contributed by atoms with Gasteiger partial charge >= 0.3 is 6.03 Å². The number of nitrogens with two attached hydrogens (primary N) is 1. The molecule has 1 unspecified atom stereocenters. The van der Waals surface area contributed by atoms with Gasteiger partial charge in [-0.2, -0.15) is 0 Å². The topological polar surface area (TPSA) is 123 Å². The van der Waals surface area contributed by atoms with Crippen LogP contribution < -0.4 is 21.7 Å². The fraction of sp³-hybridized carbons (Fsp3) is 0.348. The normalized spacial score (nSPS) is 18.3. The van der Waals surface area contributed by atoms with E-state index in [0.29, 0.717) is 36.8 Å². The van der Waals surface area contributed by atoms with Gasteiger partial charge in [-0.3, -0.25) is 15.1 Å². The van der Waals surface area contributed by atoms with Gasteiger partial charge in [-0.05, 0) is 48.6 Å². The van der Waals surface area contributed by atoms with Gasteiger partial charge in [0.25, 0.3) is 5.91 Å². The molecule has 2 aromatic rings.